The van der Waals surface area contributed by atoms with Crippen LogP contribution in [0, 0.1) is 5.92 Å². The third-order valence-electron chi connectivity index (χ3n) is 7.41. The Bertz CT molecular complexity index is 1050. The lowest BCUT2D eigenvalue weighted by molar-refractivity contribution is -0.121. The lowest BCUT2D eigenvalue weighted by Gasteiger charge is -2.44. The summed E-state index contributed by atoms with van der Waals surface area (Å²) in [6.07, 6.45) is -0.0251. The third-order valence-corrected chi connectivity index (χ3v) is 12.4. The van der Waals surface area contributed by atoms with Crippen molar-refractivity contribution in [3.05, 3.63) is 60.7 Å². The minimum Gasteiger partial charge on any atom is -0.444 e. The largest absolute Gasteiger partial charge is 0.444 e. The maximum absolute atomic E-state index is 13.3. The summed E-state index contributed by atoms with van der Waals surface area (Å²) in [7, 11) is -2.76. The number of Topliss-reactive ketones (excluding diaryl/α,β-unsaturated/α-hetero) is 1. The fraction of sp³-hybridized carbons (Fsp3) is 0.533. The number of amides is 1. The molecule has 4 rings (SSSR count). The molecule has 0 bridgehead atoms. The van der Waals surface area contributed by atoms with Gasteiger partial charge in [0.2, 0.25) is 0 Å². The molecule has 6 nitrogen and oxygen atoms in total. The van der Waals surface area contributed by atoms with Gasteiger partial charge >= 0.3 is 6.09 Å². The van der Waals surface area contributed by atoms with E-state index in [2.05, 4.69) is 69.3 Å². The number of epoxide rings is 1. The first-order chi connectivity index (χ1) is 17.3. The van der Waals surface area contributed by atoms with E-state index in [1.807, 2.05) is 32.9 Å². The van der Waals surface area contributed by atoms with Crippen LogP contribution in [-0.4, -0.2) is 62.1 Å². The fourth-order valence-electron chi connectivity index (χ4n) is 5.80. The van der Waals surface area contributed by atoms with Crippen molar-refractivity contribution in [2.24, 2.45) is 5.92 Å². The van der Waals surface area contributed by atoms with E-state index in [0.717, 1.165) is 0 Å². The molecule has 37 heavy (non-hydrogen) atoms. The molecule has 0 aromatic heterocycles. The number of rotatable bonds is 7. The lowest BCUT2D eigenvalue weighted by atomic mass is 9.97. The van der Waals surface area contributed by atoms with Crippen molar-refractivity contribution >= 4 is 30.6 Å². The fourth-order valence-corrected chi connectivity index (χ4v) is 10.4. The molecule has 4 atom stereocenters. The zero-order chi connectivity index (χ0) is 27.0. The average molecular weight is 524 g/mol. The van der Waals surface area contributed by atoms with Gasteiger partial charge in [0.15, 0.2) is 5.78 Å². The Morgan fingerprint density at radius 2 is 1.46 bits per heavy atom. The number of nitrogens with zero attached hydrogens (tertiary/aromatic N) is 1. The second-order valence-electron chi connectivity index (χ2n) is 12.3. The minimum atomic E-state index is -2.76. The van der Waals surface area contributed by atoms with Crippen LogP contribution >= 0.6 is 0 Å². The molecular formula is C30H41NO5Si. The summed E-state index contributed by atoms with van der Waals surface area (Å²) < 4.78 is 18.7. The van der Waals surface area contributed by atoms with Gasteiger partial charge in [0.25, 0.3) is 8.32 Å². The molecule has 0 saturated carbocycles. The van der Waals surface area contributed by atoms with Gasteiger partial charge in [0.05, 0.1) is 18.7 Å². The predicted molar refractivity (Wildman–Crippen MR) is 148 cm³/mol. The number of likely N-dealkylation sites (tertiary alicyclic amines) is 1. The molecule has 2 saturated heterocycles. The molecular weight excluding hydrogens is 482 g/mol. The van der Waals surface area contributed by atoms with E-state index in [9.17, 15) is 9.59 Å². The molecule has 2 aliphatic rings. The number of carbonyl (C=O) groups is 2. The van der Waals surface area contributed by atoms with Crippen LogP contribution in [0.4, 0.5) is 4.79 Å². The van der Waals surface area contributed by atoms with Gasteiger partial charge in [0, 0.05) is 12.5 Å². The van der Waals surface area contributed by atoms with Crippen molar-refractivity contribution < 1.29 is 23.5 Å². The first-order valence-electron chi connectivity index (χ1n) is 13.2. The van der Waals surface area contributed by atoms with E-state index in [4.69, 9.17) is 13.9 Å². The van der Waals surface area contributed by atoms with Crippen LogP contribution in [0.3, 0.4) is 0 Å². The van der Waals surface area contributed by atoms with E-state index in [1.165, 1.54) is 10.4 Å². The Labute approximate surface area is 222 Å². The molecule has 2 fully saturated rings. The van der Waals surface area contributed by atoms with Crippen molar-refractivity contribution in [3.8, 4) is 0 Å². The first kappa shape index (κ1) is 27.5. The second kappa shape index (κ2) is 10.3. The summed E-state index contributed by atoms with van der Waals surface area (Å²) in [5.41, 5.74) is -0.656. The van der Waals surface area contributed by atoms with E-state index >= 15 is 0 Å². The Balaban J connectivity index is 1.71. The van der Waals surface area contributed by atoms with Gasteiger partial charge in [0.1, 0.15) is 11.7 Å². The highest BCUT2D eigenvalue weighted by Gasteiger charge is 2.56. The van der Waals surface area contributed by atoms with Gasteiger partial charge in [-0.25, -0.2) is 4.79 Å². The highest BCUT2D eigenvalue weighted by molar-refractivity contribution is 6.99. The van der Waals surface area contributed by atoms with Gasteiger partial charge in [-0.3, -0.25) is 9.69 Å². The highest BCUT2D eigenvalue weighted by atomic mass is 28.4. The highest BCUT2D eigenvalue weighted by Crippen LogP contribution is 2.41. The van der Waals surface area contributed by atoms with Crippen molar-refractivity contribution in [2.45, 2.75) is 83.7 Å². The summed E-state index contributed by atoms with van der Waals surface area (Å²) in [5.74, 6) is -0.0833. The van der Waals surface area contributed by atoms with Gasteiger partial charge in [-0.05, 0) is 49.5 Å². The number of ether oxygens (including phenoxy) is 2. The number of hydrogen-bond donors (Lipinski definition) is 0. The number of benzene rings is 2. The normalized spacial score (nSPS) is 24.1. The SMILES string of the molecule is CC(=O)C1CC(CO[Si](c2ccccc2)(c2ccccc2)C(C)(C)C)C(C2CO2)N1C(=O)OC(C)(C)C. The summed E-state index contributed by atoms with van der Waals surface area (Å²) >= 11 is 0. The van der Waals surface area contributed by atoms with Crippen LogP contribution in [-0.2, 0) is 18.7 Å². The van der Waals surface area contributed by atoms with E-state index in [0.29, 0.717) is 19.6 Å². The predicted octanol–water partition coefficient (Wildman–Crippen LogP) is 4.55. The molecule has 2 aromatic carbocycles. The van der Waals surface area contributed by atoms with E-state index in [1.54, 1.807) is 11.8 Å². The van der Waals surface area contributed by atoms with Gasteiger partial charge < -0.3 is 13.9 Å². The summed E-state index contributed by atoms with van der Waals surface area (Å²) in [6, 6.07) is 20.2. The molecule has 0 spiro atoms. The number of carbonyl (C=O) groups excluding carboxylic acids is 2. The summed E-state index contributed by atoms with van der Waals surface area (Å²) in [6.45, 7) is 14.8. The van der Waals surface area contributed by atoms with E-state index in [-0.39, 0.29) is 28.9 Å². The maximum Gasteiger partial charge on any atom is 0.411 e. The topological polar surface area (TPSA) is 68.4 Å². The summed E-state index contributed by atoms with van der Waals surface area (Å²) in [4.78, 5) is 27.7. The van der Waals surface area contributed by atoms with Crippen molar-refractivity contribution in [3.63, 3.8) is 0 Å². The van der Waals surface area contributed by atoms with Crippen LogP contribution in [0.5, 0.6) is 0 Å². The van der Waals surface area contributed by atoms with E-state index < -0.39 is 26.1 Å². The quantitative estimate of drug-likeness (QED) is 0.394. The third kappa shape index (κ3) is 5.69. The van der Waals surface area contributed by atoms with Crippen LogP contribution in [0.15, 0.2) is 60.7 Å². The minimum absolute atomic E-state index is 0.0375. The van der Waals surface area contributed by atoms with Crippen molar-refractivity contribution in [1.82, 2.24) is 4.90 Å². The Morgan fingerprint density at radius 1 is 0.946 bits per heavy atom. The number of hydrogen-bond acceptors (Lipinski definition) is 5. The Morgan fingerprint density at radius 3 is 1.86 bits per heavy atom. The van der Waals surface area contributed by atoms with Crippen molar-refractivity contribution in [1.29, 1.82) is 0 Å². The molecule has 200 valence electrons. The lowest BCUT2D eigenvalue weighted by Crippen LogP contribution is -2.67. The first-order valence-corrected chi connectivity index (χ1v) is 15.1. The van der Waals surface area contributed by atoms with Crippen LogP contribution < -0.4 is 10.4 Å². The Kier molecular flexibility index (Phi) is 7.71. The monoisotopic (exact) mass is 523 g/mol. The van der Waals surface area contributed by atoms with Crippen LogP contribution in [0.25, 0.3) is 0 Å². The zero-order valence-corrected chi connectivity index (χ0v) is 24.2. The zero-order valence-electron chi connectivity index (χ0n) is 23.2. The molecule has 1 amide bonds. The Hall–Kier alpha value is -2.48. The van der Waals surface area contributed by atoms with Crippen LogP contribution in [0.1, 0.15) is 54.9 Å². The molecule has 0 N–H and O–H groups in total. The molecule has 0 aliphatic carbocycles. The molecule has 4 unspecified atom stereocenters. The van der Waals surface area contributed by atoms with Gasteiger partial charge in [-0.1, -0.05) is 81.4 Å². The van der Waals surface area contributed by atoms with Crippen LogP contribution in [0.2, 0.25) is 5.04 Å². The second-order valence-corrected chi connectivity index (χ2v) is 16.7. The molecule has 7 heteroatoms. The smallest absolute Gasteiger partial charge is 0.411 e. The molecule has 2 aliphatic heterocycles. The molecule has 2 heterocycles. The molecule has 0 radical (unpaired) electrons. The number of ketones is 1. The summed E-state index contributed by atoms with van der Waals surface area (Å²) in [5, 5.41) is 2.25. The van der Waals surface area contributed by atoms with Gasteiger partial charge in [-0.2, -0.15) is 0 Å². The van der Waals surface area contributed by atoms with Crippen molar-refractivity contribution in [2.75, 3.05) is 13.2 Å². The van der Waals surface area contributed by atoms with Gasteiger partial charge in [-0.15, -0.1) is 0 Å². The maximum atomic E-state index is 13.3. The standard InChI is InChI=1S/C30H41NO5Si/c1-21(32)25-18-22(27(26-20-34-26)31(25)28(33)36-29(2,3)4)19-35-37(30(5,6)7,23-14-10-8-11-15-23)24-16-12-9-13-17-24/h8-17,22,25-27H,18-20H2,1-7H3. The molecule has 2 aromatic rings. The average Bonchev–Trinajstić information content (AvgIpc) is 3.58.